The first-order valence-corrected chi connectivity index (χ1v) is 6.01. The zero-order chi connectivity index (χ0) is 11.1. The van der Waals surface area contributed by atoms with Crippen LogP contribution in [0.25, 0.3) is 0 Å². The third-order valence-electron chi connectivity index (χ3n) is 3.45. The molecule has 0 saturated heterocycles. The number of methoxy groups -OCH3 is 1. The Kier molecular flexibility index (Phi) is 5.14. The largest absolute Gasteiger partial charge is 0.377 e. The smallest absolute Gasteiger partial charge is 0.0840 e. The van der Waals surface area contributed by atoms with Gasteiger partial charge in [0.25, 0.3) is 0 Å². The number of terminal acetylenes is 1. The van der Waals surface area contributed by atoms with E-state index in [2.05, 4.69) is 18.2 Å². The molecule has 1 rings (SSSR count). The summed E-state index contributed by atoms with van der Waals surface area (Å²) in [6.07, 6.45) is 12.2. The highest BCUT2D eigenvalue weighted by Crippen LogP contribution is 2.36. The van der Waals surface area contributed by atoms with Crippen LogP contribution in [0.4, 0.5) is 0 Å². The minimum absolute atomic E-state index is 0.00153. The van der Waals surface area contributed by atoms with E-state index < -0.39 is 0 Å². The normalized spacial score (nSPS) is 21.1. The van der Waals surface area contributed by atoms with Gasteiger partial charge in [0, 0.05) is 19.6 Å². The van der Waals surface area contributed by atoms with Gasteiger partial charge in [0.2, 0.25) is 0 Å². The van der Waals surface area contributed by atoms with Crippen LogP contribution in [0.3, 0.4) is 0 Å². The lowest BCUT2D eigenvalue weighted by atomic mass is 9.89. The van der Waals surface area contributed by atoms with Crippen LogP contribution in [0.5, 0.6) is 0 Å². The van der Waals surface area contributed by atoms with Gasteiger partial charge in [-0.05, 0) is 25.8 Å². The minimum Gasteiger partial charge on any atom is -0.377 e. The number of hydrogen-bond donors (Lipinski definition) is 1. The zero-order valence-electron chi connectivity index (χ0n) is 10.0. The van der Waals surface area contributed by atoms with E-state index in [1.807, 2.05) is 7.11 Å². The molecule has 0 amide bonds. The second kappa shape index (κ2) is 6.15. The molecule has 0 bridgehead atoms. The molecular weight excluding hydrogens is 186 g/mol. The van der Waals surface area contributed by atoms with E-state index in [4.69, 9.17) is 11.2 Å². The van der Waals surface area contributed by atoms with Gasteiger partial charge in [0.1, 0.15) is 0 Å². The molecule has 2 heteroatoms. The lowest BCUT2D eigenvalue weighted by Gasteiger charge is -2.36. The maximum atomic E-state index is 5.75. The van der Waals surface area contributed by atoms with Crippen molar-refractivity contribution in [2.24, 2.45) is 0 Å². The van der Waals surface area contributed by atoms with Crippen molar-refractivity contribution >= 4 is 0 Å². The average molecular weight is 209 g/mol. The summed E-state index contributed by atoms with van der Waals surface area (Å²) in [5.41, 5.74) is 0.00153. The van der Waals surface area contributed by atoms with E-state index in [9.17, 15) is 0 Å². The molecule has 1 atom stereocenters. The van der Waals surface area contributed by atoms with Crippen molar-refractivity contribution in [3.8, 4) is 12.3 Å². The predicted octanol–water partition coefficient (Wildman–Crippen LogP) is 2.34. The van der Waals surface area contributed by atoms with E-state index >= 15 is 0 Å². The molecule has 1 aliphatic rings. The monoisotopic (exact) mass is 209 g/mol. The molecule has 0 aromatic carbocycles. The molecule has 0 heterocycles. The Labute approximate surface area is 93.8 Å². The number of rotatable bonds is 6. The molecule has 1 aliphatic carbocycles. The Bertz CT molecular complexity index is 213. The second-order valence-electron chi connectivity index (χ2n) is 4.39. The van der Waals surface area contributed by atoms with Crippen LogP contribution in [-0.2, 0) is 4.74 Å². The highest BCUT2D eigenvalue weighted by Gasteiger charge is 2.40. The summed E-state index contributed by atoms with van der Waals surface area (Å²) >= 11 is 0. The van der Waals surface area contributed by atoms with Crippen molar-refractivity contribution in [1.82, 2.24) is 5.32 Å². The van der Waals surface area contributed by atoms with E-state index in [0.29, 0.717) is 6.04 Å². The Morgan fingerprint density at radius 3 is 2.60 bits per heavy atom. The predicted molar refractivity (Wildman–Crippen MR) is 63.7 cm³/mol. The van der Waals surface area contributed by atoms with Crippen LogP contribution in [0.2, 0.25) is 0 Å². The van der Waals surface area contributed by atoms with Crippen molar-refractivity contribution in [2.45, 2.75) is 57.1 Å². The molecule has 15 heavy (non-hydrogen) atoms. The highest BCUT2D eigenvalue weighted by molar-refractivity contribution is 5.02. The molecular formula is C13H23NO. The van der Waals surface area contributed by atoms with Crippen molar-refractivity contribution in [1.29, 1.82) is 0 Å². The fourth-order valence-electron chi connectivity index (χ4n) is 2.55. The molecule has 0 spiro atoms. The van der Waals surface area contributed by atoms with Crippen LogP contribution < -0.4 is 5.32 Å². The lowest BCUT2D eigenvalue weighted by molar-refractivity contribution is -0.0342. The Morgan fingerprint density at radius 2 is 2.13 bits per heavy atom. The molecule has 0 aliphatic heterocycles. The van der Waals surface area contributed by atoms with Crippen LogP contribution >= 0.6 is 0 Å². The van der Waals surface area contributed by atoms with Gasteiger partial charge >= 0.3 is 0 Å². The van der Waals surface area contributed by atoms with Gasteiger partial charge in [-0.1, -0.05) is 19.8 Å². The van der Waals surface area contributed by atoms with Crippen molar-refractivity contribution < 1.29 is 4.74 Å². The first-order valence-electron chi connectivity index (χ1n) is 6.01. The lowest BCUT2D eigenvalue weighted by Crippen LogP contribution is -2.50. The fourth-order valence-corrected chi connectivity index (χ4v) is 2.55. The Morgan fingerprint density at radius 1 is 1.47 bits per heavy atom. The Balaban J connectivity index is 2.62. The third kappa shape index (κ3) is 2.96. The summed E-state index contributed by atoms with van der Waals surface area (Å²) in [7, 11) is 1.82. The van der Waals surface area contributed by atoms with E-state index in [-0.39, 0.29) is 5.60 Å². The topological polar surface area (TPSA) is 21.3 Å². The molecule has 1 saturated carbocycles. The summed E-state index contributed by atoms with van der Waals surface area (Å²) in [5.74, 6) is 2.77. The van der Waals surface area contributed by atoms with Crippen LogP contribution in [-0.4, -0.2) is 25.3 Å². The third-order valence-corrected chi connectivity index (χ3v) is 3.45. The number of hydrogen-bond acceptors (Lipinski definition) is 2. The van der Waals surface area contributed by atoms with Crippen molar-refractivity contribution in [2.75, 3.05) is 13.7 Å². The second-order valence-corrected chi connectivity index (χ2v) is 4.39. The van der Waals surface area contributed by atoms with E-state index in [1.165, 1.54) is 12.8 Å². The molecule has 1 N–H and O–H groups in total. The molecule has 2 nitrogen and oxygen atoms in total. The van der Waals surface area contributed by atoms with Crippen molar-refractivity contribution in [3.63, 3.8) is 0 Å². The van der Waals surface area contributed by atoms with Crippen LogP contribution in [0, 0.1) is 12.3 Å². The highest BCUT2D eigenvalue weighted by atomic mass is 16.5. The van der Waals surface area contributed by atoms with Crippen molar-refractivity contribution in [3.05, 3.63) is 0 Å². The first-order chi connectivity index (χ1) is 7.29. The van der Waals surface area contributed by atoms with E-state index in [1.54, 1.807) is 0 Å². The maximum Gasteiger partial charge on any atom is 0.0840 e. The molecule has 86 valence electrons. The quantitative estimate of drug-likeness (QED) is 0.678. The van der Waals surface area contributed by atoms with Crippen LogP contribution in [0.1, 0.15) is 45.4 Å². The summed E-state index contributed by atoms with van der Waals surface area (Å²) in [4.78, 5) is 0. The van der Waals surface area contributed by atoms with Gasteiger partial charge in [-0.25, -0.2) is 0 Å². The molecule has 1 fully saturated rings. The SMILES string of the molecule is C#CCC(NCCC)C1(OC)CCCC1. The fraction of sp³-hybridized carbons (Fsp3) is 0.846. The number of ether oxygens (including phenoxy) is 1. The van der Waals surface area contributed by atoms with Gasteiger partial charge in [0.05, 0.1) is 5.60 Å². The summed E-state index contributed by atoms with van der Waals surface area (Å²) in [6, 6.07) is 0.329. The molecule has 1 unspecified atom stereocenters. The zero-order valence-corrected chi connectivity index (χ0v) is 10.0. The first kappa shape index (κ1) is 12.5. The standard InChI is InChI=1S/C13H23NO/c1-4-8-12(14-11-5-2)13(15-3)9-6-7-10-13/h1,12,14H,5-11H2,2-3H3. The van der Waals surface area contributed by atoms with E-state index in [0.717, 1.165) is 32.2 Å². The molecule has 0 aromatic heterocycles. The Hall–Kier alpha value is -0.520. The van der Waals surface area contributed by atoms with Gasteiger partial charge in [0.15, 0.2) is 0 Å². The molecule has 0 aromatic rings. The van der Waals surface area contributed by atoms with Gasteiger partial charge in [-0.2, -0.15) is 0 Å². The van der Waals surface area contributed by atoms with Gasteiger partial charge in [-0.3, -0.25) is 0 Å². The maximum absolute atomic E-state index is 5.75. The minimum atomic E-state index is 0.00153. The van der Waals surface area contributed by atoms with Gasteiger partial charge in [-0.15, -0.1) is 12.3 Å². The summed E-state index contributed by atoms with van der Waals surface area (Å²) < 4.78 is 5.75. The average Bonchev–Trinajstić information content (AvgIpc) is 2.74. The summed E-state index contributed by atoms with van der Waals surface area (Å²) in [5, 5.41) is 3.54. The molecule has 0 radical (unpaired) electrons. The van der Waals surface area contributed by atoms with Gasteiger partial charge < -0.3 is 10.1 Å². The van der Waals surface area contributed by atoms with Crippen LogP contribution in [0.15, 0.2) is 0 Å². The number of nitrogens with one attached hydrogen (secondary N) is 1. The summed E-state index contributed by atoms with van der Waals surface area (Å²) in [6.45, 7) is 3.20.